The second-order valence-corrected chi connectivity index (χ2v) is 6.00. The quantitative estimate of drug-likeness (QED) is 0.727. The maximum Gasteiger partial charge on any atom is 0.284 e. The minimum absolute atomic E-state index is 0.0484. The van der Waals surface area contributed by atoms with E-state index in [-0.39, 0.29) is 19.0 Å². The zero-order chi connectivity index (χ0) is 17.1. The molecule has 2 aliphatic heterocycles. The van der Waals surface area contributed by atoms with E-state index in [2.05, 4.69) is 5.32 Å². The maximum atomic E-state index is 14.5. The molecule has 2 heterocycles. The molecule has 24 heavy (non-hydrogen) atoms. The number of nitrogens with two attached hydrogens (primary N) is 1. The molecular weight excluding hydrogens is 315 g/mol. The van der Waals surface area contributed by atoms with Crippen LogP contribution in [0.3, 0.4) is 0 Å². The summed E-state index contributed by atoms with van der Waals surface area (Å²) >= 11 is 0. The van der Waals surface area contributed by atoms with Gasteiger partial charge in [0.25, 0.3) is 5.91 Å². The number of ether oxygens (including phenoxy) is 1. The van der Waals surface area contributed by atoms with E-state index < -0.39 is 17.8 Å². The Morgan fingerprint density at radius 1 is 1.29 bits per heavy atom. The van der Waals surface area contributed by atoms with Gasteiger partial charge in [-0.05, 0) is 18.2 Å². The van der Waals surface area contributed by atoms with Crippen LogP contribution in [0.25, 0.3) is 0 Å². The number of hydrogen-bond acceptors (Lipinski definition) is 6. The standard InChI is InChI=1S/C16H21FN4O3/c17-13-7-11(1-2-14(13)20-5-3-19-4-6-20)21-9-12(24-10-21)8-15(22)16(18)23/h1-2,7,12,19H,3-6,8-10H2,(H2,18,23). The number of hydrogen-bond donors (Lipinski definition) is 2. The molecule has 2 aliphatic rings. The van der Waals surface area contributed by atoms with Gasteiger partial charge in [0.1, 0.15) is 12.5 Å². The van der Waals surface area contributed by atoms with Crippen molar-refractivity contribution < 1.29 is 18.7 Å². The van der Waals surface area contributed by atoms with E-state index in [0.717, 1.165) is 26.2 Å². The molecule has 2 fully saturated rings. The van der Waals surface area contributed by atoms with Crippen molar-refractivity contribution >= 4 is 23.1 Å². The Labute approximate surface area is 139 Å². The summed E-state index contributed by atoms with van der Waals surface area (Å²) in [5.74, 6) is -1.88. The van der Waals surface area contributed by atoms with Crippen LogP contribution in [0.5, 0.6) is 0 Å². The molecule has 0 spiro atoms. The highest BCUT2D eigenvalue weighted by Gasteiger charge is 2.27. The van der Waals surface area contributed by atoms with Crippen LogP contribution in [0.4, 0.5) is 15.8 Å². The summed E-state index contributed by atoms with van der Waals surface area (Å²) in [6.45, 7) is 3.92. The number of halogens is 1. The summed E-state index contributed by atoms with van der Waals surface area (Å²) in [6, 6.07) is 5.11. The van der Waals surface area contributed by atoms with Crippen LogP contribution in [0, 0.1) is 5.82 Å². The molecule has 0 bridgehead atoms. The van der Waals surface area contributed by atoms with Crippen LogP contribution < -0.4 is 20.9 Å². The summed E-state index contributed by atoms with van der Waals surface area (Å²) in [6.07, 6.45) is -0.450. The fourth-order valence-electron chi connectivity index (χ4n) is 3.01. The smallest absolute Gasteiger partial charge is 0.284 e. The molecule has 1 atom stereocenters. The predicted molar refractivity (Wildman–Crippen MR) is 87.4 cm³/mol. The highest BCUT2D eigenvalue weighted by atomic mass is 19.1. The maximum absolute atomic E-state index is 14.5. The van der Waals surface area contributed by atoms with Crippen LogP contribution in [0.15, 0.2) is 18.2 Å². The molecule has 2 saturated heterocycles. The first-order chi connectivity index (χ1) is 11.5. The van der Waals surface area contributed by atoms with Crippen LogP contribution >= 0.6 is 0 Å². The summed E-state index contributed by atoms with van der Waals surface area (Å²) in [5, 5.41) is 3.24. The Kier molecular flexibility index (Phi) is 4.96. The molecule has 130 valence electrons. The molecule has 1 aromatic carbocycles. The first-order valence-corrected chi connectivity index (χ1v) is 7.99. The molecule has 7 nitrogen and oxygen atoms in total. The second-order valence-electron chi connectivity index (χ2n) is 6.00. The van der Waals surface area contributed by atoms with Gasteiger partial charge in [-0.1, -0.05) is 0 Å². The van der Waals surface area contributed by atoms with Gasteiger partial charge in [-0.3, -0.25) is 9.59 Å². The van der Waals surface area contributed by atoms with Crippen molar-refractivity contribution in [2.45, 2.75) is 12.5 Å². The largest absolute Gasteiger partial charge is 0.367 e. The Morgan fingerprint density at radius 2 is 2.04 bits per heavy atom. The van der Waals surface area contributed by atoms with Gasteiger partial charge in [0.05, 0.1) is 11.8 Å². The lowest BCUT2D eigenvalue weighted by Crippen LogP contribution is -2.43. The van der Waals surface area contributed by atoms with Crippen LogP contribution in [-0.4, -0.2) is 57.2 Å². The number of nitrogens with one attached hydrogen (secondary N) is 1. The number of anilines is 2. The van der Waals surface area contributed by atoms with Gasteiger partial charge in [-0.2, -0.15) is 0 Å². The van der Waals surface area contributed by atoms with E-state index in [1.165, 1.54) is 6.07 Å². The number of carbonyl (C=O) groups is 2. The van der Waals surface area contributed by atoms with Gasteiger partial charge in [0.15, 0.2) is 0 Å². The molecule has 3 rings (SSSR count). The summed E-state index contributed by atoms with van der Waals surface area (Å²) in [4.78, 5) is 26.0. The fraction of sp³-hybridized carbons (Fsp3) is 0.500. The van der Waals surface area contributed by atoms with Crippen molar-refractivity contribution in [2.24, 2.45) is 5.73 Å². The zero-order valence-corrected chi connectivity index (χ0v) is 13.3. The van der Waals surface area contributed by atoms with E-state index in [9.17, 15) is 14.0 Å². The number of benzene rings is 1. The average molecular weight is 336 g/mol. The van der Waals surface area contributed by atoms with Crippen molar-refractivity contribution in [1.82, 2.24) is 5.32 Å². The highest BCUT2D eigenvalue weighted by Crippen LogP contribution is 2.27. The lowest BCUT2D eigenvalue weighted by molar-refractivity contribution is -0.137. The van der Waals surface area contributed by atoms with E-state index >= 15 is 0 Å². The van der Waals surface area contributed by atoms with Gasteiger partial charge in [0.2, 0.25) is 5.78 Å². The van der Waals surface area contributed by atoms with Gasteiger partial charge in [-0.15, -0.1) is 0 Å². The van der Waals surface area contributed by atoms with Crippen LogP contribution in [0.1, 0.15) is 6.42 Å². The number of nitrogens with zero attached hydrogens (tertiary/aromatic N) is 2. The van der Waals surface area contributed by atoms with Crippen LogP contribution in [-0.2, 0) is 14.3 Å². The Bertz CT molecular complexity index is 634. The number of primary amides is 1. The minimum atomic E-state index is -0.955. The third kappa shape index (κ3) is 3.65. The second kappa shape index (κ2) is 7.14. The molecule has 8 heteroatoms. The molecule has 3 N–H and O–H groups in total. The topological polar surface area (TPSA) is 87.9 Å². The van der Waals surface area contributed by atoms with Crippen molar-refractivity contribution in [3.05, 3.63) is 24.0 Å². The molecule has 1 unspecified atom stereocenters. The number of amides is 1. The van der Waals surface area contributed by atoms with Crippen LogP contribution in [0.2, 0.25) is 0 Å². The normalized spacial score (nSPS) is 21.1. The SMILES string of the molecule is NC(=O)C(=O)CC1CN(c2ccc(N3CCNCC3)c(F)c2)CO1. The van der Waals surface area contributed by atoms with Gasteiger partial charge in [0, 0.05) is 44.8 Å². The number of rotatable bonds is 5. The molecule has 1 amide bonds. The Balaban J connectivity index is 1.64. The third-order valence-corrected chi connectivity index (χ3v) is 4.33. The Hall–Kier alpha value is -2.19. The average Bonchev–Trinajstić information content (AvgIpc) is 3.04. The van der Waals surface area contributed by atoms with E-state index in [0.29, 0.717) is 17.9 Å². The molecule has 0 aromatic heterocycles. The summed E-state index contributed by atoms with van der Waals surface area (Å²) < 4.78 is 19.9. The summed E-state index contributed by atoms with van der Waals surface area (Å²) in [7, 11) is 0. The molecule has 0 saturated carbocycles. The number of Topliss-reactive ketones (excluding diaryl/α,β-unsaturated/α-hetero) is 1. The molecular formula is C16H21FN4O3. The number of piperazine rings is 1. The zero-order valence-electron chi connectivity index (χ0n) is 13.3. The molecule has 0 radical (unpaired) electrons. The van der Waals surface area contributed by atoms with Gasteiger partial charge < -0.3 is 25.6 Å². The first kappa shape index (κ1) is 16.7. The molecule has 1 aromatic rings. The Morgan fingerprint density at radius 3 is 2.71 bits per heavy atom. The molecule has 0 aliphatic carbocycles. The third-order valence-electron chi connectivity index (χ3n) is 4.33. The number of ketones is 1. The minimum Gasteiger partial charge on any atom is -0.367 e. The lowest BCUT2D eigenvalue weighted by Gasteiger charge is -2.30. The van der Waals surface area contributed by atoms with Crippen molar-refractivity contribution in [3.8, 4) is 0 Å². The highest BCUT2D eigenvalue weighted by molar-refractivity contribution is 6.35. The van der Waals surface area contributed by atoms with Gasteiger partial charge in [-0.25, -0.2) is 4.39 Å². The lowest BCUT2D eigenvalue weighted by atomic mass is 10.1. The van der Waals surface area contributed by atoms with E-state index in [1.807, 2.05) is 15.9 Å². The van der Waals surface area contributed by atoms with Crippen molar-refractivity contribution in [1.29, 1.82) is 0 Å². The predicted octanol–water partition coefficient (Wildman–Crippen LogP) is -0.157. The fourth-order valence-corrected chi connectivity index (χ4v) is 3.01. The van der Waals surface area contributed by atoms with Gasteiger partial charge >= 0.3 is 0 Å². The van der Waals surface area contributed by atoms with Crippen molar-refractivity contribution in [2.75, 3.05) is 49.3 Å². The number of carbonyl (C=O) groups excluding carboxylic acids is 2. The van der Waals surface area contributed by atoms with Crippen molar-refractivity contribution in [3.63, 3.8) is 0 Å². The first-order valence-electron chi connectivity index (χ1n) is 7.99. The monoisotopic (exact) mass is 336 g/mol. The van der Waals surface area contributed by atoms with E-state index in [1.54, 1.807) is 6.07 Å². The summed E-state index contributed by atoms with van der Waals surface area (Å²) in [5.41, 5.74) is 6.24. The van der Waals surface area contributed by atoms with E-state index in [4.69, 9.17) is 10.5 Å².